The summed E-state index contributed by atoms with van der Waals surface area (Å²) >= 11 is 0. The molecule has 0 aliphatic heterocycles. The van der Waals surface area contributed by atoms with Crippen molar-refractivity contribution in [1.82, 2.24) is 20.2 Å². The van der Waals surface area contributed by atoms with E-state index in [1.807, 2.05) is 0 Å². The molecule has 1 N–H and O–H groups in total. The van der Waals surface area contributed by atoms with Crippen LogP contribution < -0.4 is 0 Å². The van der Waals surface area contributed by atoms with E-state index in [-0.39, 0.29) is 0 Å². The van der Waals surface area contributed by atoms with Crippen LogP contribution in [0.2, 0.25) is 0 Å². The van der Waals surface area contributed by atoms with Crippen LogP contribution in [0.15, 0.2) is 0 Å². The molecule has 1 saturated carbocycles. The molecule has 88 valence electrons. The first-order valence-electron chi connectivity index (χ1n) is 5.70. The van der Waals surface area contributed by atoms with Gasteiger partial charge < -0.3 is 5.11 Å². The predicted molar refractivity (Wildman–Crippen MR) is 56.0 cm³/mol. The lowest BCUT2D eigenvalue weighted by Gasteiger charge is -2.21. The highest BCUT2D eigenvalue weighted by Gasteiger charge is 2.26. The third-order valence-corrected chi connectivity index (χ3v) is 3.21. The molecule has 0 radical (unpaired) electrons. The molecule has 16 heavy (non-hydrogen) atoms. The summed E-state index contributed by atoms with van der Waals surface area (Å²) in [6.45, 7) is 1.60. The Kier molecular flexibility index (Phi) is 3.17. The molecule has 1 aromatic heterocycles. The van der Waals surface area contributed by atoms with Gasteiger partial charge in [-0.25, -0.2) is 9.48 Å². The van der Waals surface area contributed by atoms with E-state index in [1.54, 1.807) is 6.92 Å². The van der Waals surface area contributed by atoms with Crippen LogP contribution in [0.5, 0.6) is 0 Å². The van der Waals surface area contributed by atoms with Gasteiger partial charge in [0.2, 0.25) is 0 Å². The van der Waals surface area contributed by atoms with Crippen LogP contribution in [0.1, 0.15) is 56.8 Å². The standard InChI is InChI=1S/C10H16N4O2/c1-7(10(15)16)14-9(11-12-13-14)8-5-3-2-4-6-8/h7-8H,2-6H2,1H3,(H,15,16). The van der Waals surface area contributed by atoms with E-state index in [4.69, 9.17) is 5.11 Å². The first-order valence-corrected chi connectivity index (χ1v) is 5.70. The number of aliphatic carboxylic acids is 1. The fourth-order valence-electron chi connectivity index (χ4n) is 2.21. The number of carbonyl (C=O) groups is 1. The summed E-state index contributed by atoms with van der Waals surface area (Å²) in [5, 5.41) is 20.3. The maximum atomic E-state index is 10.9. The van der Waals surface area contributed by atoms with Crippen molar-refractivity contribution in [2.45, 2.75) is 51.0 Å². The molecular formula is C10H16N4O2. The minimum Gasteiger partial charge on any atom is -0.480 e. The molecule has 1 heterocycles. The van der Waals surface area contributed by atoms with Crippen molar-refractivity contribution in [3.05, 3.63) is 5.82 Å². The topological polar surface area (TPSA) is 80.9 Å². The smallest absolute Gasteiger partial charge is 0.328 e. The molecule has 0 saturated heterocycles. The summed E-state index contributed by atoms with van der Waals surface area (Å²) in [5.74, 6) is 0.157. The quantitative estimate of drug-likeness (QED) is 0.838. The highest BCUT2D eigenvalue weighted by atomic mass is 16.4. The van der Waals surface area contributed by atoms with Gasteiger partial charge in [-0.05, 0) is 30.2 Å². The van der Waals surface area contributed by atoms with E-state index in [0.29, 0.717) is 5.92 Å². The Balaban J connectivity index is 2.20. The van der Waals surface area contributed by atoms with E-state index in [1.165, 1.54) is 23.9 Å². The Labute approximate surface area is 93.6 Å². The molecule has 0 bridgehead atoms. The zero-order chi connectivity index (χ0) is 11.5. The molecule has 1 aromatic rings. The minimum atomic E-state index is -0.899. The van der Waals surface area contributed by atoms with Gasteiger partial charge in [0.25, 0.3) is 0 Å². The van der Waals surface area contributed by atoms with Gasteiger partial charge in [0.05, 0.1) is 0 Å². The van der Waals surface area contributed by atoms with Gasteiger partial charge in [-0.3, -0.25) is 0 Å². The second kappa shape index (κ2) is 4.59. The Hall–Kier alpha value is -1.46. The van der Waals surface area contributed by atoms with Gasteiger partial charge in [0, 0.05) is 5.92 Å². The average Bonchev–Trinajstić information content (AvgIpc) is 2.77. The lowest BCUT2D eigenvalue weighted by Crippen LogP contribution is -2.21. The molecule has 2 rings (SSSR count). The summed E-state index contributed by atoms with van der Waals surface area (Å²) < 4.78 is 1.44. The number of carboxylic acids is 1. The highest BCUT2D eigenvalue weighted by molar-refractivity contribution is 5.71. The van der Waals surface area contributed by atoms with Crippen LogP contribution in [0.3, 0.4) is 0 Å². The van der Waals surface area contributed by atoms with Crippen molar-refractivity contribution in [3.8, 4) is 0 Å². The van der Waals surface area contributed by atoms with E-state index in [2.05, 4.69) is 15.5 Å². The lowest BCUT2D eigenvalue weighted by atomic mass is 9.88. The first-order chi connectivity index (χ1) is 7.70. The van der Waals surface area contributed by atoms with Crippen molar-refractivity contribution >= 4 is 5.97 Å². The number of rotatable bonds is 3. The molecule has 1 aliphatic carbocycles. The summed E-state index contributed by atoms with van der Waals surface area (Å²) in [6.07, 6.45) is 5.74. The molecule has 1 unspecified atom stereocenters. The Bertz CT molecular complexity index is 371. The molecule has 1 fully saturated rings. The maximum absolute atomic E-state index is 10.9. The highest BCUT2D eigenvalue weighted by Crippen LogP contribution is 2.31. The van der Waals surface area contributed by atoms with E-state index in [0.717, 1.165) is 18.7 Å². The average molecular weight is 224 g/mol. The second-order valence-corrected chi connectivity index (χ2v) is 4.33. The molecule has 0 amide bonds. The van der Waals surface area contributed by atoms with Crippen molar-refractivity contribution in [1.29, 1.82) is 0 Å². The Morgan fingerprint density at radius 2 is 2.12 bits per heavy atom. The van der Waals surface area contributed by atoms with Crippen LogP contribution in [-0.2, 0) is 4.79 Å². The van der Waals surface area contributed by atoms with Gasteiger partial charge in [-0.15, -0.1) is 5.10 Å². The first kappa shape index (κ1) is 11.0. The summed E-state index contributed by atoms with van der Waals surface area (Å²) in [6, 6.07) is -0.688. The van der Waals surface area contributed by atoms with Gasteiger partial charge in [0.15, 0.2) is 5.82 Å². The van der Waals surface area contributed by atoms with Crippen LogP contribution in [0.25, 0.3) is 0 Å². The van der Waals surface area contributed by atoms with Crippen molar-refractivity contribution in [2.75, 3.05) is 0 Å². The number of hydrogen-bond acceptors (Lipinski definition) is 4. The minimum absolute atomic E-state index is 0.325. The lowest BCUT2D eigenvalue weighted by molar-refractivity contribution is -0.140. The zero-order valence-corrected chi connectivity index (χ0v) is 9.33. The van der Waals surface area contributed by atoms with Crippen LogP contribution in [-0.4, -0.2) is 31.3 Å². The number of hydrogen-bond donors (Lipinski definition) is 1. The van der Waals surface area contributed by atoms with Crippen LogP contribution in [0, 0.1) is 0 Å². The van der Waals surface area contributed by atoms with Gasteiger partial charge in [-0.1, -0.05) is 19.3 Å². The Morgan fingerprint density at radius 3 is 2.75 bits per heavy atom. The molecular weight excluding hydrogens is 208 g/mol. The maximum Gasteiger partial charge on any atom is 0.328 e. The van der Waals surface area contributed by atoms with E-state index < -0.39 is 12.0 Å². The molecule has 6 heteroatoms. The second-order valence-electron chi connectivity index (χ2n) is 4.33. The molecule has 1 atom stereocenters. The summed E-state index contributed by atoms with van der Waals surface area (Å²) in [7, 11) is 0. The zero-order valence-electron chi connectivity index (χ0n) is 9.33. The van der Waals surface area contributed by atoms with Gasteiger partial charge in [0.1, 0.15) is 6.04 Å². The van der Waals surface area contributed by atoms with Gasteiger partial charge in [-0.2, -0.15) is 0 Å². The third-order valence-electron chi connectivity index (χ3n) is 3.21. The SMILES string of the molecule is CC(C(=O)O)n1nnnc1C1CCCCC1. The molecule has 1 aliphatic rings. The van der Waals surface area contributed by atoms with Crippen molar-refractivity contribution in [2.24, 2.45) is 0 Å². The van der Waals surface area contributed by atoms with E-state index in [9.17, 15) is 4.79 Å². The number of nitrogens with zero attached hydrogens (tertiary/aromatic N) is 4. The predicted octanol–water partition coefficient (Wildman–Crippen LogP) is 1.37. The van der Waals surface area contributed by atoms with Crippen LogP contribution in [0.4, 0.5) is 0 Å². The fourth-order valence-corrected chi connectivity index (χ4v) is 2.21. The number of carboxylic acid groups (broad SMARTS) is 1. The van der Waals surface area contributed by atoms with Crippen LogP contribution >= 0.6 is 0 Å². The normalized spacial score (nSPS) is 19.6. The molecule has 0 aromatic carbocycles. The van der Waals surface area contributed by atoms with E-state index >= 15 is 0 Å². The summed E-state index contributed by atoms with van der Waals surface area (Å²) in [4.78, 5) is 10.9. The Morgan fingerprint density at radius 1 is 1.44 bits per heavy atom. The van der Waals surface area contributed by atoms with Crippen molar-refractivity contribution in [3.63, 3.8) is 0 Å². The van der Waals surface area contributed by atoms with Crippen molar-refractivity contribution < 1.29 is 9.90 Å². The fraction of sp³-hybridized carbons (Fsp3) is 0.800. The largest absolute Gasteiger partial charge is 0.480 e. The number of tetrazole rings is 1. The summed E-state index contributed by atoms with van der Waals surface area (Å²) in [5.41, 5.74) is 0. The third kappa shape index (κ3) is 2.05. The molecule has 6 nitrogen and oxygen atoms in total. The molecule has 0 spiro atoms. The number of aromatic nitrogens is 4. The van der Waals surface area contributed by atoms with Gasteiger partial charge >= 0.3 is 5.97 Å². The monoisotopic (exact) mass is 224 g/mol.